The molecule has 78 valence electrons. The fourth-order valence-electron chi connectivity index (χ4n) is 5.67. The molecule has 1 nitrogen and oxygen atoms in total. The van der Waals surface area contributed by atoms with Gasteiger partial charge in [0.1, 0.15) is 0 Å². The zero-order valence-corrected chi connectivity index (χ0v) is 8.78. The summed E-state index contributed by atoms with van der Waals surface area (Å²) in [5, 5.41) is 10.9. The number of rotatable bonds is 0. The predicted octanol–water partition coefficient (Wildman–Crippen LogP) is 2.58. The van der Waals surface area contributed by atoms with Gasteiger partial charge in [-0.15, -0.1) is 0 Å². The monoisotopic (exact) mass is 192 g/mol. The van der Waals surface area contributed by atoms with Crippen LogP contribution in [0.25, 0.3) is 0 Å². The molecule has 6 atom stereocenters. The van der Waals surface area contributed by atoms with Gasteiger partial charge in [0, 0.05) is 0 Å². The minimum atomic E-state index is -0.196. The van der Waals surface area contributed by atoms with Crippen molar-refractivity contribution in [3.8, 4) is 0 Å². The van der Waals surface area contributed by atoms with E-state index in [0.29, 0.717) is 5.92 Å². The highest BCUT2D eigenvalue weighted by Gasteiger charge is 2.63. The Morgan fingerprint density at radius 1 is 0.929 bits per heavy atom. The summed E-state index contributed by atoms with van der Waals surface area (Å²) >= 11 is 0. The van der Waals surface area contributed by atoms with Crippen molar-refractivity contribution in [3.05, 3.63) is 0 Å². The molecule has 0 unspecified atom stereocenters. The molecule has 0 radical (unpaired) electrons. The molecule has 0 saturated heterocycles. The Hall–Kier alpha value is -0.0400. The normalized spacial score (nSPS) is 64.5. The lowest BCUT2D eigenvalue weighted by Gasteiger charge is -2.44. The smallest absolute Gasteiger partial charge is 0.0709 e. The summed E-state index contributed by atoms with van der Waals surface area (Å²) in [5.74, 6) is 4.26. The topological polar surface area (TPSA) is 20.2 Å². The molecule has 4 rings (SSSR count). The Kier molecular flexibility index (Phi) is 1.38. The van der Waals surface area contributed by atoms with E-state index in [4.69, 9.17) is 0 Å². The molecule has 0 aromatic rings. The van der Waals surface area contributed by atoms with Gasteiger partial charge in [0.05, 0.1) is 5.60 Å². The van der Waals surface area contributed by atoms with Crippen LogP contribution >= 0.6 is 0 Å². The Balaban J connectivity index is 1.82. The molecule has 0 aliphatic heterocycles. The molecule has 1 N–H and O–H groups in total. The van der Waals surface area contributed by atoms with Crippen LogP contribution in [0.1, 0.15) is 44.9 Å². The number of aliphatic hydroxyl groups is 1. The first-order chi connectivity index (χ1) is 6.79. The summed E-state index contributed by atoms with van der Waals surface area (Å²) in [7, 11) is 0. The lowest BCUT2D eigenvalue weighted by molar-refractivity contribution is -0.0939. The second-order valence-corrected chi connectivity index (χ2v) is 6.33. The van der Waals surface area contributed by atoms with Gasteiger partial charge >= 0.3 is 0 Å². The zero-order valence-electron chi connectivity index (χ0n) is 8.78. The lowest BCUT2D eigenvalue weighted by Crippen LogP contribution is -2.47. The Morgan fingerprint density at radius 2 is 1.79 bits per heavy atom. The molecule has 2 bridgehead atoms. The van der Waals surface area contributed by atoms with Gasteiger partial charge in [-0.1, -0.05) is 0 Å². The number of fused-ring (bicyclic) bond motifs is 4. The van der Waals surface area contributed by atoms with Crippen LogP contribution < -0.4 is 0 Å². The van der Waals surface area contributed by atoms with E-state index in [1.165, 1.54) is 38.5 Å². The Bertz CT molecular complexity index is 274. The first kappa shape index (κ1) is 8.15. The van der Waals surface area contributed by atoms with Crippen molar-refractivity contribution < 1.29 is 5.11 Å². The van der Waals surface area contributed by atoms with Gasteiger partial charge in [-0.3, -0.25) is 0 Å². The third-order valence-corrected chi connectivity index (χ3v) is 6.12. The van der Waals surface area contributed by atoms with Crippen molar-refractivity contribution in [2.45, 2.75) is 50.5 Å². The first-order valence-electron chi connectivity index (χ1n) is 6.51. The highest BCUT2D eigenvalue weighted by Crippen LogP contribution is 2.65. The molecule has 4 fully saturated rings. The first-order valence-corrected chi connectivity index (χ1v) is 6.51. The predicted molar refractivity (Wildman–Crippen MR) is 54.7 cm³/mol. The second kappa shape index (κ2) is 2.37. The summed E-state index contributed by atoms with van der Waals surface area (Å²) in [6.45, 7) is 0. The van der Waals surface area contributed by atoms with E-state index in [2.05, 4.69) is 0 Å². The van der Waals surface area contributed by atoms with Crippen molar-refractivity contribution >= 4 is 0 Å². The molecule has 4 saturated carbocycles. The van der Waals surface area contributed by atoms with Gasteiger partial charge < -0.3 is 5.11 Å². The van der Waals surface area contributed by atoms with E-state index in [1.807, 2.05) is 0 Å². The fourth-order valence-corrected chi connectivity index (χ4v) is 5.67. The van der Waals surface area contributed by atoms with Crippen LogP contribution in [0.2, 0.25) is 0 Å². The van der Waals surface area contributed by atoms with Crippen LogP contribution in [-0.2, 0) is 0 Å². The standard InChI is InChI=1S/C13H20O/c14-13-6-5-8-2-4-11(12(8)13)9-1-3-10(13)7-9/h8-12,14H,1-7H2/t8-,9-,10-,11-,12+,13+/m0/s1. The maximum Gasteiger partial charge on any atom is 0.0709 e. The van der Waals surface area contributed by atoms with Gasteiger partial charge in [-0.25, -0.2) is 0 Å². The fraction of sp³-hybridized carbons (Fsp3) is 1.00. The maximum absolute atomic E-state index is 10.9. The summed E-state index contributed by atoms with van der Waals surface area (Å²) in [6, 6.07) is 0. The van der Waals surface area contributed by atoms with Crippen LogP contribution in [0.5, 0.6) is 0 Å². The molecule has 0 heterocycles. The molecule has 0 spiro atoms. The molecule has 4 aliphatic carbocycles. The van der Waals surface area contributed by atoms with E-state index in [-0.39, 0.29) is 5.60 Å². The molecule has 14 heavy (non-hydrogen) atoms. The molecular weight excluding hydrogens is 172 g/mol. The molecule has 4 aliphatic rings. The number of hydrogen-bond acceptors (Lipinski definition) is 1. The van der Waals surface area contributed by atoms with Gasteiger partial charge in [0.15, 0.2) is 0 Å². The maximum atomic E-state index is 10.9. The van der Waals surface area contributed by atoms with Crippen molar-refractivity contribution in [1.82, 2.24) is 0 Å². The summed E-state index contributed by atoms with van der Waals surface area (Å²) in [4.78, 5) is 0. The van der Waals surface area contributed by atoms with Gasteiger partial charge in [-0.2, -0.15) is 0 Å². The van der Waals surface area contributed by atoms with Crippen LogP contribution in [0.4, 0.5) is 0 Å². The largest absolute Gasteiger partial charge is 0.389 e. The van der Waals surface area contributed by atoms with Crippen LogP contribution in [0.15, 0.2) is 0 Å². The minimum Gasteiger partial charge on any atom is -0.389 e. The molecule has 0 aromatic carbocycles. The molecule has 0 aromatic heterocycles. The molecule has 1 heteroatoms. The second-order valence-electron chi connectivity index (χ2n) is 6.33. The average Bonchev–Trinajstić information content (AvgIpc) is 2.82. The zero-order chi connectivity index (χ0) is 9.34. The van der Waals surface area contributed by atoms with Crippen molar-refractivity contribution in [2.75, 3.05) is 0 Å². The third-order valence-electron chi connectivity index (χ3n) is 6.12. The van der Waals surface area contributed by atoms with Gasteiger partial charge in [0.2, 0.25) is 0 Å². The summed E-state index contributed by atoms with van der Waals surface area (Å²) in [5.41, 5.74) is -0.196. The van der Waals surface area contributed by atoms with E-state index >= 15 is 0 Å². The highest BCUT2D eigenvalue weighted by atomic mass is 16.3. The van der Waals surface area contributed by atoms with E-state index < -0.39 is 0 Å². The summed E-state index contributed by atoms with van der Waals surface area (Å²) in [6.07, 6.45) is 9.47. The van der Waals surface area contributed by atoms with E-state index in [9.17, 15) is 5.11 Å². The lowest BCUT2D eigenvalue weighted by atomic mass is 9.65. The van der Waals surface area contributed by atoms with Crippen molar-refractivity contribution in [2.24, 2.45) is 29.6 Å². The van der Waals surface area contributed by atoms with Crippen LogP contribution in [0, 0.1) is 29.6 Å². The van der Waals surface area contributed by atoms with Crippen molar-refractivity contribution in [3.63, 3.8) is 0 Å². The van der Waals surface area contributed by atoms with Crippen molar-refractivity contribution in [1.29, 1.82) is 0 Å². The van der Waals surface area contributed by atoms with Gasteiger partial charge in [0.25, 0.3) is 0 Å². The van der Waals surface area contributed by atoms with Crippen LogP contribution in [0.3, 0.4) is 0 Å². The minimum absolute atomic E-state index is 0.196. The number of hydrogen-bond donors (Lipinski definition) is 1. The van der Waals surface area contributed by atoms with Crippen LogP contribution in [-0.4, -0.2) is 10.7 Å². The average molecular weight is 192 g/mol. The SMILES string of the molecule is O[C@]12CC[C@@H]3CC[C@@H]([C@H]4CC[C@H]1C4)[C@@H]32. The third kappa shape index (κ3) is 0.743. The molecular formula is C13H20O. The van der Waals surface area contributed by atoms with E-state index in [0.717, 1.165) is 30.1 Å². The quantitative estimate of drug-likeness (QED) is 0.625. The van der Waals surface area contributed by atoms with E-state index in [1.54, 1.807) is 0 Å². The molecule has 0 amide bonds. The summed E-state index contributed by atoms with van der Waals surface area (Å²) < 4.78 is 0. The Labute approximate surface area is 85.9 Å². The Morgan fingerprint density at radius 3 is 2.71 bits per heavy atom. The highest BCUT2D eigenvalue weighted by molar-refractivity contribution is 5.13. The van der Waals surface area contributed by atoms with Gasteiger partial charge in [-0.05, 0) is 74.5 Å².